The number of piperazine rings is 1. The van der Waals surface area contributed by atoms with Gasteiger partial charge in [-0.05, 0) is 44.7 Å². The summed E-state index contributed by atoms with van der Waals surface area (Å²) in [7, 11) is 1.64. The van der Waals surface area contributed by atoms with Gasteiger partial charge in [0.2, 0.25) is 11.8 Å². The van der Waals surface area contributed by atoms with Crippen LogP contribution in [0.4, 0.5) is 5.69 Å². The Morgan fingerprint density at radius 1 is 1.07 bits per heavy atom. The molecular formula is C21H29N3O3. The Kier molecular flexibility index (Phi) is 5.08. The van der Waals surface area contributed by atoms with Gasteiger partial charge in [0, 0.05) is 49.9 Å². The number of benzene rings is 1. The molecule has 1 atom stereocenters. The van der Waals surface area contributed by atoms with E-state index in [1.165, 1.54) is 0 Å². The number of amides is 2. The van der Waals surface area contributed by atoms with Gasteiger partial charge in [-0.2, -0.15) is 0 Å². The largest absolute Gasteiger partial charge is 0.497 e. The number of piperidine rings is 1. The third-order valence-corrected chi connectivity index (χ3v) is 6.24. The lowest BCUT2D eigenvalue weighted by Gasteiger charge is -2.45. The lowest BCUT2D eigenvalue weighted by Crippen LogP contribution is -2.60. The molecule has 0 unspecified atom stereocenters. The molecule has 0 N–H and O–H groups in total. The fourth-order valence-electron chi connectivity index (χ4n) is 4.43. The summed E-state index contributed by atoms with van der Waals surface area (Å²) in [5.74, 6) is 1.56. The summed E-state index contributed by atoms with van der Waals surface area (Å²) in [6.45, 7) is 5.23. The lowest BCUT2D eigenvalue weighted by molar-refractivity contribution is -0.135. The van der Waals surface area contributed by atoms with Crippen LogP contribution in [0.1, 0.15) is 32.6 Å². The molecule has 1 aliphatic carbocycles. The first-order chi connectivity index (χ1) is 13.1. The molecule has 0 spiro atoms. The van der Waals surface area contributed by atoms with E-state index in [0.29, 0.717) is 24.4 Å². The van der Waals surface area contributed by atoms with Crippen molar-refractivity contribution in [2.75, 3.05) is 38.2 Å². The molecule has 3 fully saturated rings. The Hall–Kier alpha value is -2.08. The van der Waals surface area contributed by atoms with Crippen LogP contribution in [0.5, 0.6) is 5.75 Å². The highest BCUT2D eigenvalue weighted by Crippen LogP contribution is 2.33. The van der Waals surface area contributed by atoms with Crippen molar-refractivity contribution in [1.29, 1.82) is 0 Å². The van der Waals surface area contributed by atoms with E-state index in [2.05, 4.69) is 4.90 Å². The summed E-state index contributed by atoms with van der Waals surface area (Å²) >= 11 is 0. The summed E-state index contributed by atoms with van der Waals surface area (Å²) in [4.78, 5) is 31.5. The van der Waals surface area contributed by atoms with Crippen molar-refractivity contribution in [3.05, 3.63) is 24.3 Å². The predicted octanol–water partition coefficient (Wildman–Crippen LogP) is 2.13. The zero-order valence-corrected chi connectivity index (χ0v) is 16.3. The van der Waals surface area contributed by atoms with Crippen molar-refractivity contribution < 1.29 is 14.3 Å². The van der Waals surface area contributed by atoms with Crippen molar-refractivity contribution in [1.82, 2.24) is 9.80 Å². The molecule has 27 heavy (non-hydrogen) atoms. The lowest BCUT2D eigenvalue weighted by atomic mass is 9.99. The number of carbonyl (C=O) groups is 2. The van der Waals surface area contributed by atoms with Crippen molar-refractivity contribution in [3.63, 3.8) is 0 Å². The van der Waals surface area contributed by atoms with Gasteiger partial charge in [0.05, 0.1) is 13.2 Å². The molecule has 146 valence electrons. The van der Waals surface area contributed by atoms with Crippen molar-refractivity contribution in [2.24, 2.45) is 5.92 Å². The second kappa shape index (κ2) is 7.50. The summed E-state index contributed by atoms with van der Waals surface area (Å²) in [5.41, 5.74) is 0.899. The topological polar surface area (TPSA) is 53.1 Å². The van der Waals surface area contributed by atoms with Crippen LogP contribution in [0.3, 0.4) is 0 Å². The Labute approximate surface area is 161 Å². The minimum absolute atomic E-state index is 0.138. The number of anilines is 1. The maximum Gasteiger partial charge on any atom is 0.244 e. The van der Waals surface area contributed by atoms with Crippen LogP contribution >= 0.6 is 0 Å². The number of ether oxygens (including phenoxy) is 1. The standard InChI is InChI=1S/C21H29N3O3/c1-15-20(25)24(18-4-3-5-19(14-18)27-2)13-12-23(15)17-8-10-22(11-9-17)21(26)16-6-7-16/h3-5,14-17H,6-13H2,1-2H3/t15-/m0/s1. The first kappa shape index (κ1) is 18.3. The quantitative estimate of drug-likeness (QED) is 0.814. The Bertz CT molecular complexity index is 710. The zero-order chi connectivity index (χ0) is 19.0. The number of hydrogen-bond donors (Lipinski definition) is 0. The van der Waals surface area contributed by atoms with E-state index in [-0.39, 0.29) is 11.9 Å². The van der Waals surface area contributed by atoms with E-state index in [0.717, 1.165) is 56.8 Å². The smallest absolute Gasteiger partial charge is 0.244 e. The van der Waals surface area contributed by atoms with E-state index in [4.69, 9.17) is 4.74 Å². The van der Waals surface area contributed by atoms with E-state index < -0.39 is 0 Å². The monoisotopic (exact) mass is 371 g/mol. The summed E-state index contributed by atoms with van der Waals surface area (Å²) in [6, 6.07) is 7.95. The van der Waals surface area contributed by atoms with Crippen LogP contribution in [-0.4, -0.2) is 67.0 Å². The second-order valence-corrected chi connectivity index (χ2v) is 7.94. The maximum absolute atomic E-state index is 13.0. The first-order valence-corrected chi connectivity index (χ1v) is 10.1. The Morgan fingerprint density at radius 3 is 2.48 bits per heavy atom. The average molecular weight is 371 g/mol. The maximum atomic E-state index is 13.0. The molecule has 0 radical (unpaired) electrons. The Morgan fingerprint density at radius 2 is 1.81 bits per heavy atom. The predicted molar refractivity (Wildman–Crippen MR) is 104 cm³/mol. The fraction of sp³-hybridized carbons (Fsp3) is 0.619. The van der Waals surface area contributed by atoms with Gasteiger partial charge in [0.15, 0.2) is 0 Å². The van der Waals surface area contributed by atoms with Crippen LogP contribution < -0.4 is 9.64 Å². The molecule has 3 aliphatic rings. The SMILES string of the molecule is COc1cccc(N2CCN(C3CCN(C(=O)C4CC4)CC3)[C@@H](C)C2=O)c1. The average Bonchev–Trinajstić information content (AvgIpc) is 3.55. The van der Waals surface area contributed by atoms with E-state index in [1.54, 1.807) is 7.11 Å². The normalized spacial score (nSPS) is 25.0. The van der Waals surface area contributed by atoms with Gasteiger partial charge in [-0.1, -0.05) is 6.07 Å². The number of methoxy groups -OCH3 is 1. The molecule has 1 aromatic rings. The van der Waals surface area contributed by atoms with Crippen LogP contribution in [0.15, 0.2) is 24.3 Å². The third kappa shape index (κ3) is 3.68. The highest BCUT2D eigenvalue weighted by atomic mass is 16.5. The van der Waals surface area contributed by atoms with Crippen LogP contribution in [0.25, 0.3) is 0 Å². The summed E-state index contributed by atoms with van der Waals surface area (Å²) in [5, 5.41) is 0. The van der Waals surface area contributed by atoms with Crippen molar-refractivity contribution in [3.8, 4) is 5.75 Å². The molecule has 2 saturated heterocycles. The van der Waals surface area contributed by atoms with Gasteiger partial charge >= 0.3 is 0 Å². The molecule has 4 rings (SSSR count). The zero-order valence-electron chi connectivity index (χ0n) is 16.3. The molecule has 0 bridgehead atoms. The van der Waals surface area contributed by atoms with Gasteiger partial charge in [-0.3, -0.25) is 14.5 Å². The second-order valence-electron chi connectivity index (χ2n) is 7.94. The highest BCUT2D eigenvalue weighted by Gasteiger charge is 2.39. The molecular weight excluding hydrogens is 342 g/mol. The number of rotatable bonds is 4. The van der Waals surface area contributed by atoms with Crippen molar-refractivity contribution >= 4 is 17.5 Å². The molecule has 2 aliphatic heterocycles. The van der Waals surface area contributed by atoms with Crippen molar-refractivity contribution in [2.45, 2.75) is 44.7 Å². The minimum Gasteiger partial charge on any atom is -0.497 e. The fourth-order valence-corrected chi connectivity index (χ4v) is 4.43. The van der Waals surface area contributed by atoms with Crippen LogP contribution in [-0.2, 0) is 9.59 Å². The third-order valence-electron chi connectivity index (χ3n) is 6.24. The number of likely N-dealkylation sites (tertiary alicyclic amines) is 1. The molecule has 6 heteroatoms. The van der Waals surface area contributed by atoms with Crippen LogP contribution in [0, 0.1) is 5.92 Å². The van der Waals surface area contributed by atoms with Gasteiger partial charge < -0.3 is 14.5 Å². The molecule has 0 aromatic heterocycles. The van der Waals surface area contributed by atoms with E-state index >= 15 is 0 Å². The molecule has 6 nitrogen and oxygen atoms in total. The number of hydrogen-bond acceptors (Lipinski definition) is 4. The summed E-state index contributed by atoms with van der Waals surface area (Å²) in [6.07, 6.45) is 4.07. The minimum atomic E-state index is -0.138. The van der Waals surface area contributed by atoms with Gasteiger partial charge in [0.25, 0.3) is 0 Å². The van der Waals surface area contributed by atoms with E-state index in [1.807, 2.05) is 41.0 Å². The first-order valence-electron chi connectivity index (χ1n) is 10.1. The van der Waals surface area contributed by atoms with Crippen LogP contribution in [0.2, 0.25) is 0 Å². The molecule has 1 aromatic carbocycles. The van der Waals surface area contributed by atoms with Gasteiger partial charge in [-0.15, -0.1) is 0 Å². The molecule has 2 heterocycles. The summed E-state index contributed by atoms with van der Waals surface area (Å²) < 4.78 is 5.29. The Balaban J connectivity index is 1.38. The van der Waals surface area contributed by atoms with Gasteiger partial charge in [-0.25, -0.2) is 0 Å². The molecule has 1 saturated carbocycles. The van der Waals surface area contributed by atoms with E-state index in [9.17, 15) is 9.59 Å². The molecule has 2 amide bonds. The number of nitrogens with zero attached hydrogens (tertiary/aromatic N) is 3. The van der Waals surface area contributed by atoms with Gasteiger partial charge in [0.1, 0.15) is 5.75 Å². The number of carbonyl (C=O) groups excluding carboxylic acids is 2. The highest BCUT2D eigenvalue weighted by molar-refractivity contribution is 5.97.